The van der Waals surface area contributed by atoms with Crippen molar-refractivity contribution in [2.45, 2.75) is 103 Å². The minimum absolute atomic E-state index is 0.0343. The molecular formula is C29H47N3O3. The first-order valence-corrected chi connectivity index (χ1v) is 13.6. The molecule has 2 aliphatic rings. The highest BCUT2D eigenvalue weighted by atomic mass is 16.3. The lowest BCUT2D eigenvalue weighted by Crippen LogP contribution is -2.60. The molecule has 196 valence electrons. The number of β-amino-alcohol motifs (C(OH)–C–C–N with tert-alkyl or cyclic N) is 1. The largest absolute Gasteiger partial charge is 0.390 e. The van der Waals surface area contributed by atoms with Gasteiger partial charge in [-0.05, 0) is 63.4 Å². The Balaban J connectivity index is 1.77. The predicted octanol–water partition coefficient (Wildman–Crippen LogP) is 3.92. The van der Waals surface area contributed by atoms with Crippen LogP contribution in [0.4, 0.5) is 0 Å². The van der Waals surface area contributed by atoms with Gasteiger partial charge >= 0.3 is 0 Å². The smallest absolute Gasteiger partial charge is 0.237 e. The van der Waals surface area contributed by atoms with Crippen LogP contribution in [-0.4, -0.2) is 58.6 Å². The summed E-state index contributed by atoms with van der Waals surface area (Å²) in [6, 6.07) is 9.35. The van der Waals surface area contributed by atoms with Crippen LogP contribution in [0.15, 0.2) is 30.3 Å². The number of hydrogen-bond acceptors (Lipinski definition) is 4. The number of fused-ring (bicyclic) bond motifs is 1. The summed E-state index contributed by atoms with van der Waals surface area (Å²) >= 11 is 0. The topological polar surface area (TPSA) is 81.7 Å². The molecule has 0 radical (unpaired) electrons. The highest BCUT2D eigenvalue weighted by molar-refractivity contribution is 5.82. The second kappa shape index (κ2) is 12.4. The van der Waals surface area contributed by atoms with E-state index in [1.165, 1.54) is 25.7 Å². The van der Waals surface area contributed by atoms with Gasteiger partial charge in [-0.2, -0.15) is 0 Å². The second-order valence-electron chi connectivity index (χ2n) is 12.3. The molecule has 0 spiro atoms. The Hall–Kier alpha value is -1.92. The van der Waals surface area contributed by atoms with Crippen LogP contribution in [-0.2, 0) is 16.0 Å². The first-order valence-electron chi connectivity index (χ1n) is 13.6. The van der Waals surface area contributed by atoms with E-state index in [4.69, 9.17) is 0 Å². The van der Waals surface area contributed by atoms with E-state index in [2.05, 4.69) is 15.5 Å². The molecule has 2 fully saturated rings. The second-order valence-corrected chi connectivity index (χ2v) is 12.3. The molecule has 6 nitrogen and oxygen atoms in total. The number of nitrogens with one attached hydrogen (secondary N) is 2. The molecular weight excluding hydrogens is 438 g/mol. The van der Waals surface area contributed by atoms with Crippen molar-refractivity contribution in [3.8, 4) is 0 Å². The molecule has 35 heavy (non-hydrogen) atoms. The number of carbonyl (C=O) groups is 2. The number of amides is 2. The lowest BCUT2D eigenvalue weighted by molar-refractivity contribution is -0.133. The van der Waals surface area contributed by atoms with Gasteiger partial charge in [-0.25, -0.2) is 0 Å². The molecule has 0 unspecified atom stereocenters. The van der Waals surface area contributed by atoms with Crippen molar-refractivity contribution in [2.24, 2.45) is 17.8 Å². The molecule has 1 aromatic rings. The van der Waals surface area contributed by atoms with Crippen LogP contribution in [0.5, 0.6) is 0 Å². The summed E-state index contributed by atoms with van der Waals surface area (Å²) in [5, 5.41) is 17.7. The average molecular weight is 486 g/mol. The molecule has 0 bridgehead atoms. The Morgan fingerprint density at radius 2 is 1.74 bits per heavy atom. The Morgan fingerprint density at radius 1 is 1.09 bits per heavy atom. The standard InChI is InChI=1S/C29H47N3O3/c1-20(2)15-27(34)30-24(16-21-11-7-6-8-12-21)26(33)19-32-18-23-14-10-9-13-22(23)17-25(32)28(35)31-29(3,4)5/h6-8,11-12,20,22-26,33H,9-10,13-19H2,1-5H3,(H,30,34)(H,31,35)/t22-,23+,24-,25-,26+/m0/s1. The third kappa shape index (κ3) is 8.60. The highest BCUT2D eigenvalue weighted by Crippen LogP contribution is 2.39. The van der Waals surface area contributed by atoms with Crippen LogP contribution in [0.1, 0.15) is 78.7 Å². The number of carbonyl (C=O) groups excluding carboxylic acids is 2. The van der Waals surface area contributed by atoms with Crippen molar-refractivity contribution in [3.63, 3.8) is 0 Å². The Bertz CT molecular complexity index is 820. The number of aliphatic hydroxyl groups is 1. The SMILES string of the molecule is CC(C)CC(=O)N[C@@H](Cc1ccccc1)[C@H](O)CN1C[C@H]2CCCC[C@H]2C[C@H]1C(=O)NC(C)(C)C. The van der Waals surface area contributed by atoms with Gasteiger partial charge in [-0.1, -0.05) is 63.4 Å². The summed E-state index contributed by atoms with van der Waals surface area (Å²) in [7, 11) is 0. The van der Waals surface area contributed by atoms with Crippen LogP contribution in [0.2, 0.25) is 0 Å². The van der Waals surface area contributed by atoms with E-state index in [1.54, 1.807) is 0 Å². The molecule has 1 saturated heterocycles. The zero-order valence-corrected chi connectivity index (χ0v) is 22.4. The molecule has 5 atom stereocenters. The van der Waals surface area contributed by atoms with Crippen LogP contribution in [0, 0.1) is 17.8 Å². The van der Waals surface area contributed by atoms with Crippen LogP contribution in [0.3, 0.4) is 0 Å². The van der Waals surface area contributed by atoms with Crippen molar-refractivity contribution >= 4 is 11.8 Å². The maximum absolute atomic E-state index is 13.3. The van der Waals surface area contributed by atoms with E-state index >= 15 is 0 Å². The van der Waals surface area contributed by atoms with Gasteiger partial charge in [0.05, 0.1) is 18.2 Å². The summed E-state index contributed by atoms with van der Waals surface area (Å²) < 4.78 is 0. The summed E-state index contributed by atoms with van der Waals surface area (Å²) in [5.41, 5.74) is 0.778. The Labute approximate surface area is 212 Å². The van der Waals surface area contributed by atoms with Crippen molar-refractivity contribution in [2.75, 3.05) is 13.1 Å². The summed E-state index contributed by atoms with van der Waals surface area (Å²) in [6.45, 7) is 11.3. The lowest BCUT2D eigenvalue weighted by atomic mass is 9.72. The Morgan fingerprint density at radius 3 is 2.37 bits per heavy atom. The number of rotatable bonds is 9. The highest BCUT2D eigenvalue weighted by Gasteiger charge is 2.41. The van der Waals surface area contributed by atoms with Gasteiger partial charge in [0.1, 0.15) is 0 Å². The van der Waals surface area contributed by atoms with Gasteiger partial charge in [0, 0.05) is 25.0 Å². The van der Waals surface area contributed by atoms with Crippen LogP contribution < -0.4 is 10.6 Å². The molecule has 1 aliphatic carbocycles. The van der Waals surface area contributed by atoms with E-state index in [-0.39, 0.29) is 29.3 Å². The maximum Gasteiger partial charge on any atom is 0.237 e. The minimum Gasteiger partial charge on any atom is -0.390 e. The maximum atomic E-state index is 13.3. The number of likely N-dealkylation sites (tertiary alicyclic amines) is 1. The van der Waals surface area contributed by atoms with Crippen molar-refractivity contribution in [3.05, 3.63) is 35.9 Å². The molecule has 1 saturated carbocycles. The number of hydrogen-bond donors (Lipinski definition) is 3. The molecule has 6 heteroatoms. The minimum atomic E-state index is -0.767. The van der Waals surface area contributed by atoms with Gasteiger partial charge in [0.25, 0.3) is 0 Å². The van der Waals surface area contributed by atoms with Gasteiger partial charge in [-0.3, -0.25) is 14.5 Å². The summed E-state index contributed by atoms with van der Waals surface area (Å²) in [5.74, 6) is 1.43. The first-order chi connectivity index (χ1) is 16.5. The number of benzene rings is 1. The zero-order chi connectivity index (χ0) is 25.6. The average Bonchev–Trinajstić information content (AvgIpc) is 2.77. The van der Waals surface area contributed by atoms with E-state index in [0.29, 0.717) is 31.2 Å². The van der Waals surface area contributed by atoms with Crippen LogP contribution >= 0.6 is 0 Å². The Kier molecular flexibility index (Phi) is 9.77. The quantitative estimate of drug-likeness (QED) is 0.495. The lowest BCUT2D eigenvalue weighted by Gasteiger charge is -2.47. The van der Waals surface area contributed by atoms with Gasteiger partial charge in [-0.15, -0.1) is 0 Å². The molecule has 1 aliphatic heterocycles. The third-order valence-corrected chi connectivity index (χ3v) is 7.43. The zero-order valence-electron chi connectivity index (χ0n) is 22.4. The molecule has 1 heterocycles. The van der Waals surface area contributed by atoms with E-state index < -0.39 is 12.1 Å². The number of nitrogens with zero attached hydrogens (tertiary/aromatic N) is 1. The molecule has 3 rings (SSSR count). The van der Waals surface area contributed by atoms with Crippen LogP contribution in [0.25, 0.3) is 0 Å². The fourth-order valence-electron chi connectivity index (χ4n) is 5.78. The van der Waals surface area contributed by atoms with E-state index in [1.807, 2.05) is 65.0 Å². The molecule has 2 amide bonds. The fourth-order valence-corrected chi connectivity index (χ4v) is 5.78. The van der Waals surface area contributed by atoms with Crippen molar-refractivity contribution < 1.29 is 14.7 Å². The van der Waals surface area contributed by atoms with Crippen molar-refractivity contribution in [1.29, 1.82) is 0 Å². The first kappa shape index (κ1) is 27.7. The van der Waals surface area contributed by atoms with Gasteiger partial charge in [0.2, 0.25) is 11.8 Å². The van der Waals surface area contributed by atoms with Crippen molar-refractivity contribution in [1.82, 2.24) is 15.5 Å². The monoisotopic (exact) mass is 485 g/mol. The predicted molar refractivity (Wildman–Crippen MR) is 141 cm³/mol. The van der Waals surface area contributed by atoms with Gasteiger partial charge < -0.3 is 15.7 Å². The van der Waals surface area contributed by atoms with Gasteiger partial charge in [0.15, 0.2) is 0 Å². The van der Waals surface area contributed by atoms with E-state index in [9.17, 15) is 14.7 Å². The number of piperidine rings is 1. The molecule has 3 N–H and O–H groups in total. The number of aliphatic hydroxyl groups excluding tert-OH is 1. The summed E-state index contributed by atoms with van der Waals surface area (Å²) in [4.78, 5) is 28.2. The normalized spacial score (nSPS) is 24.9. The third-order valence-electron chi connectivity index (χ3n) is 7.43. The fraction of sp³-hybridized carbons (Fsp3) is 0.724. The molecule has 0 aromatic heterocycles. The summed E-state index contributed by atoms with van der Waals surface area (Å²) in [6.07, 6.45) is 5.97. The molecule has 1 aromatic carbocycles. The van der Waals surface area contributed by atoms with E-state index in [0.717, 1.165) is 18.5 Å².